The van der Waals surface area contributed by atoms with Gasteiger partial charge in [-0.05, 0) is 92.8 Å². The van der Waals surface area contributed by atoms with Gasteiger partial charge in [-0.3, -0.25) is 0 Å². The van der Waals surface area contributed by atoms with Gasteiger partial charge in [0, 0.05) is 6.61 Å². The molecule has 4 rings (SSSR count). The van der Waals surface area contributed by atoms with Crippen LogP contribution in [0, 0.1) is 34.5 Å². The quantitative estimate of drug-likeness (QED) is 0.772. The lowest BCUT2D eigenvalue weighted by molar-refractivity contribution is -0.180. The zero-order chi connectivity index (χ0) is 14.9. The third-order valence-electron chi connectivity index (χ3n) is 8.48. The molecule has 21 heavy (non-hydrogen) atoms. The van der Waals surface area contributed by atoms with Crippen molar-refractivity contribution < 1.29 is 10.2 Å². The van der Waals surface area contributed by atoms with E-state index in [-0.39, 0.29) is 0 Å². The van der Waals surface area contributed by atoms with E-state index in [2.05, 4.69) is 13.8 Å². The highest BCUT2D eigenvalue weighted by Crippen LogP contribution is 2.71. The van der Waals surface area contributed by atoms with Crippen LogP contribution in [-0.4, -0.2) is 22.4 Å². The topological polar surface area (TPSA) is 40.5 Å². The average molecular weight is 292 g/mol. The monoisotopic (exact) mass is 292 g/mol. The minimum atomic E-state index is -0.444. The Hall–Kier alpha value is -0.0800. The van der Waals surface area contributed by atoms with Crippen LogP contribution in [0.5, 0.6) is 0 Å². The first-order chi connectivity index (χ1) is 9.91. The molecular weight excluding hydrogens is 260 g/mol. The standard InChI is InChI=1S/C19H32O2/c1-17-7-3-8-18(2,21)15(17)6-9-19-10-13(4-5-16(17)19)14(11-19)12-20/h13-16,20-21H,3-12H2,1-2H3/t13-,14-,15+,16+,17-,18-,19-/m1/s1. The van der Waals surface area contributed by atoms with E-state index >= 15 is 0 Å². The summed E-state index contributed by atoms with van der Waals surface area (Å²) in [6.07, 6.45) is 11.3. The molecule has 7 atom stereocenters. The van der Waals surface area contributed by atoms with E-state index in [4.69, 9.17) is 0 Å². The molecule has 4 saturated carbocycles. The summed E-state index contributed by atoms with van der Waals surface area (Å²) in [5.41, 5.74) is 0.407. The van der Waals surface area contributed by atoms with Gasteiger partial charge >= 0.3 is 0 Å². The molecule has 4 fully saturated rings. The largest absolute Gasteiger partial charge is 0.396 e. The lowest BCUT2D eigenvalue weighted by Gasteiger charge is -2.63. The van der Waals surface area contributed by atoms with Crippen LogP contribution in [0.25, 0.3) is 0 Å². The Bertz CT molecular complexity index is 431. The lowest BCUT2D eigenvalue weighted by atomic mass is 9.43. The van der Waals surface area contributed by atoms with Gasteiger partial charge in [0.25, 0.3) is 0 Å². The molecule has 120 valence electrons. The van der Waals surface area contributed by atoms with Gasteiger partial charge in [0.15, 0.2) is 0 Å². The van der Waals surface area contributed by atoms with Crippen LogP contribution in [0.3, 0.4) is 0 Å². The molecule has 0 radical (unpaired) electrons. The zero-order valence-electron chi connectivity index (χ0n) is 13.8. The second kappa shape index (κ2) is 4.47. The Kier molecular flexibility index (Phi) is 3.09. The fraction of sp³-hybridized carbons (Fsp3) is 1.00. The van der Waals surface area contributed by atoms with Crippen LogP contribution in [0.15, 0.2) is 0 Å². The van der Waals surface area contributed by atoms with Crippen LogP contribution in [0.1, 0.15) is 71.6 Å². The average Bonchev–Trinajstić information content (AvgIpc) is 2.68. The highest BCUT2D eigenvalue weighted by atomic mass is 16.3. The zero-order valence-corrected chi connectivity index (χ0v) is 13.8. The van der Waals surface area contributed by atoms with Crippen LogP contribution < -0.4 is 0 Å². The minimum absolute atomic E-state index is 0.343. The molecule has 4 aliphatic rings. The van der Waals surface area contributed by atoms with Crippen molar-refractivity contribution in [2.24, 2.45) is 34.5 Å². The number of aliphatic hydroxyl groups is 2. The van der Waals surface area contributed by atoms with E-state index in [1.165, 1.54) is 51.4 Å². The number of rotatable bonds is 1. The SMILES string of the molecule is C[C@@]12CCC[C@@](C)(O)[C@H]1CC[C@]13C[C@@H](CC[C@H]12)[C@@H](CO)C3. The van der Waals surface area contributed by atoms with Crippen molar-refractivity contribution in [2.45, 2.75) is 77.2 Å². The normalized spacial score (nSPS) is 59.4. The maximum atomic E-state index is 11.0. The molecule has 1 spiro atoms. The molecule has 2 nitrogen and oxygen atoms in total. The van der Waals surface area contributed by atoms with E-state index in [0.717, 1.165) is 18.3 Å². The summed E-state index contributed by atoms with van der Waals surface area (Å²) in [5.74, 6) is 2.65. The predicted molar refractivity (Wildman–Crippen MR) is 83.8 cm³/mol. The maximum absolute atomic E-state index is 11.0. The van der Waals surface area contributed by atoms with Gasteiger partial charge < -0.3 is 10.2 Å². The van der Waals surface area contributed by atoms with E-state index in [1.807, 2.05) is 0 Å². The summed E-state index contributed by atoms with van der Waals surface area (Å²) in [6, 6.07) is 0. The first kappa shape index (κ1) is 14.5. The Morgan fingerprint density at radius 1 is 0.952 bits per heavy atom. The maximum Gasteiger partial charge on any atom is 0.0653 e. The molecule has 0 aliphatic heterocycles. The molecular formula is C19H32O2. The van der Waals surface area contributed by atoms with Crippen LogP contribution in [0.4, 0.5) is 0 Å². The van der Waals surface area contributed by atoms with Gasteiger partial charge in [-0.1, -0.05) is 13.3 Å². The van der Waals surface area contributed by atoms with E-state index in [0.29, 0.717) is 29.3 Å². The summed E-state index contributed by atoms with van der Waals surface area (Å²) in [4.78, 5) is 0. The first-order valence-electron chi connectivity index (χ1n) is 9.25. The molecule has 0 aromatic carbocycles. The van der Waals surface area contributed by atoms with Crippen molar-refractivity contribution >= 4 is 0 Å². The summed E-state index contributed by atoms with van der Waals surface area (Å²) in [5, 5.41) is 20.7. The smallest absolute Gasteiger partial charge is 0.0653 e. The molecule has 0 heterocycles. The highest BCUT2D eigenvalue weighted by molar-refractivity contribution is 5.13. The predicted octanol–water partition coefficient (Wildman–Crippen LogP) is 3.75. The third-order valence-corrected chi connectivity index (χ3v) is 8.48. The molecule has 0 unspecified atom stereocenters. The van der Waals surface area contributed by atoms with E-state index in [9.17, 15) is 10.2 Å². The fourth-order valence-electron chi connectivity index (χ4n) is 7.77. The van der Waals surface area contributed by atoms with Crippen molar-refractivity contribution in [3.05, 3.63) is 0 Å². The number of aliphatic hydroxyl groups excluding tert-OH is 1. The Labute approximate surface area is 129 Å². The molecule has 0 aromatic heterocycles. The third kappa shape index (κ3) is 1.84. The second-order valence-electron chi connectivity index (χ2n) is 9.41. The van der Waals surface area contributed by atoms with Crippen molar-refractivity contribution in [3.63, 3.8) is 0 Å². The van der Waals surface area contributed by atoms with Crippen molar-refractivity contribution in [3.8, 4) is 0 Å². The van der Waals surface area contributed by atoms with E-state index in [1.54, 1.807) is 0 Å². The second-order valence-corrected chi connectivity index (χ2v) is 9.41. The Morgan fingerprint density at radius 2 is 1.76 bits per heavy atom. The summed E-state index contributed by atoms with van der Waals surface area (Å²) < 4.78 is 0. The number of hydrogen-bond acceptors (Lipinski definition) is 2. The van der Waals surface area contributed by atoms with Crippen LogP contribution in [-0.2, 0) is 0 Å². The Morgan fingerprint density at radius 3 is 2.52 bits per heavy atom. The number of fused-ring (bicyclic) bond motifs is 3. The summed E-state index contributed by atoms with van der Waals surface area (Å²) in [7, 11) is 0. The Balaban J connectivity index is 1.70. The van der Waals surface area contributed by atoms with Crippen LogP contribution >= 0.6 is 0 Å². The molecule has 0 saturated heterocycles. The van der Waals surface area contributed by atoms with Crippen molar-refractivity contribution in [2.75, 3.05) is 6.61 Å². The fourth-order valence-corrected chi connectivity index (χ4v) is 7.77. The summed E-state index contributed by atoms with van der Waals surface area (Å²) >= 11 is 0. The first-order valence-corrected chi connectivity index (χ1v) is 9.25. The molecule has 2 heteroatoms. The minimum Gasteiger partial charge on any atom is -0.396 e. The molecule has 0 amide bonds. The van der Waals surface area contributed by atoms with Gasteiger partial charge in [0.2, 0.25) is 0 Å². The van der Waals surface area contributed by atoms with Crippen LogP contribution in [0.2, 0.25) is 0 Å². The summed E-state index contributed by atoms with van der Waals surface area (Å²) in [6.45, 7) is 5.00. The molecule has 2 bridgehead atoms. The molecule has 0 aromatic rings. The highest BCUT2D eigenvalue weighted by Gasteiger charge is 2.64. The molecule has 4 aliphatic carbocycles. The van der Waals surface area contributed by atoms with Crippen molar-refractivity contribution in [1.29, 1.82) is 0 Å². The van der Waals surface area contributed by atoms with Gasteiger partial charge in [-0.15, -0.1) is 0 Å². The lowest BCUT2D eigenvalue weighted by Crippen LogP contribution is -2.58. The van der Waals surface area contributed by atoms with E-state index < -0.39 is 5.60 Å². The van der Waals surface area contributed by atoms with Crippen molar-refractivity contribution in [1.82, 2.24) is 0 Å². The van der Waals surface area contributed by atoms with Gasteiger partial charge in [0.05, 0.1) is 5.60 Å². The number of hydrogen-bond donors (Lipinski definition) is 2. The van der Waals surface area contributed by atoms with Gasteiger partial charge in [-0.2, -0.15) is 0 Å². The van der Waals surface area contributed by atoms with Gasteiger partial charge in [0.1, 0.15) is 0 Å². The van der Waals surface area contributed by atoms with Gasteiger partial charge in [-0.25, -0.2) is 0 Å². The molecule has 2 N–H and O–H groups in total.